The number of imidazole rings is 3. The van der Waals surface area contributed by atoms with Gasteiger partial charge in [-0.2, -0.15) is 0 Å². The van der Waals surface area contributed by atoms with Gasteiger partial charge in [0.15, 0.2) is 11.3 Å². The first-order chi connectivity index (χ1) is 15.8. The average molecular weight is 444 g/mol. The van der Waals surface area contributed by atoms with Crippen molar-refractivity contribution in [3.8, 4) is 0 Å². The molecule has 0 aliphatic heterocycles. The van der Waals surface area contributed by atoms with Gasteiger partial charge in [-0.25, -0.2) is 24.9 Å². The summed E-state index contributed by atoms with van der Waals surface area (Å²) in [4.78, 5) is 24.6. The minimum absolute atomic E-state index is 0.949. The highest BCUT2D eigenvalue weighted by atomic mass is 15.1. The van der Waals surface area contributed by atoms with Crippen LogP contribution in [0.4, 0.5) is 0 Å². The topological polar surface area (TPSA) is 95.0 Å². The Morgan fingerprint density at radius 2 is 1.30 bits per heavy atom. The fraction of sp³-hybridized carbons (Fsp3) is 0.292. The summed E-state index contributed by atoms with van der Waals surface area (Å²) in [7, 11) is 5.95. The zero-order valence-corrected chi connectivity index (χ0v) is 20.1. The third-order valence-corrected chi connectivity index (χ3v) is 5.73. The number of rotatable bonds is 0. The third-order valence-electron chi connectivity index (χ3n) is 5.73. The van der Waals surface area contributed by atoms with Gasteiger partial charge in [0.1, 0.15) is 39.7 Å². The lowest BCUT2D eigenvalue weighted by Gasteiger charge is -1.94. The van der Waals surface area contributed by atoms with Crippen LogP contribution in [0.25, 0.3) is 33.5 Å². The van der Waals surface area contributed by atoms with Crippen molar-refractivity contribution < 1.29 is 0 Å². The van der Waals surface area contributed by atoms with Gasteiger partial charge in [0.25, 0.3) is 0 Å². The summed E-state index contributed by atoms with van der Waals surface area (Å²) in [6.45, 7) is 7.98. The summed E-state index contributed by atoms with van der Waals surface area (Å²) in [5, 5.41) is 0. The van der Waals surface area contributed by atoms with E-state index in [-0.39, 0.29) is 0 Å². The Morgan fingerprint density at radius 1 is 0.697 bits per heavy atom. The molecule has 6 rings (SSSR count). The molecule has 0 saturated carbocycles. The van der Waals surface area contributed by atoms with Crippen LogP contribution in [0, 0.1) is 27.7 Å². The first-order valence-corrected chi connectivity index (χ1v) is 10.7. The molecule has 1 N–H and O–H groups in total. The van der Waals surface area contributed by atoms with Crippen molar-refractivity contribution >= 4 is 33.5 Å². The van der Waals surface area contributed by atoms with Gasteiger partial charge in [-0.1, -0.05) is 0 Å². The summed E-state index contributed by atoms with van der Waals surface area (Å²) in [5.41, 5.74) is 7.14. The molecule has 9 heteroatoms. The minimum Gasteiger partial charge on any atom is -0.346 e. The van der Waals surface area contributed by atoms with Crippen LogP contribution in [0.5, 0.6) is 0 Å². The van der Waals surface area contributed by atoms with Crippen LogP contribution in [0.2, 0.25) is 0 Å². The Hall–Kier alpha value is -4.01. The number of hydrogen-bond donors (Lipinski definition) is 1. The Balaban J connectivity index is 0.000000118. The lowest BCUT2D eigenvalue weighted by molar-refractivity contribution is 0.873. The molecule has 6 heterocycles. The van der Waals surface area contributed by atoms with Gasteiger partial charge < -0.3 is 18.7 Å². The Labute approximate surface area is 192 Å². The van der Waals surface area contributed by atoms with Gasteiger partial charge in [-0.15, -0.1) is 0 Å². The fourth-order valence-corrected chi connectivity index (χ4v) is 3.55. The number of nitrogens with zero attached hydrogens (tertiary/aromatic N) is 8. The standard InChI is InChI=1S/C9H11N3.C8H9N3.C7H9N3/c1-6-4-8-9(10-5-6)12(3)7(2)11-8;1-6-10-7-4-3-5-9-8(7)11(6)2;1-5-9-6-3-4-8-7(6)10(5)2/h4-5H,1-3H3;3-5H,1-2H3;3-4,8H,1-2H3. The monoisotopic (exact) mass is 443 g/mol. The molecule has 0 aromatic carbocycles. The summed E-state index contributed by atoms with van der Waals surface area (Å²) in [6, 6.07) is 7.89. The molecule has 170 valence electrons. The quantitative estimate of drug-likeness (QED) is 0.382. The summed E-state index contributed by atoms with van der Waals surface area (Å²) >= 11 is 0. The normalized spacial score (nSPS) is 10.9. The molecule has 0 spiro atoms. The molecule has 6 aromatic heterocycles. The van der Waals surface area contributed by atoms with Gasteiger partial charge >= 0.3 is 0 Å². The maximum Gasteiger partial charge on any atom is 0.159 e. The summed E-state index contributed by atoms with van der Waals surface area (Å²) in [5.74, 6) is 3.05. The first kappa shape index (κ1) is 22.2. The SMILES string of the molecule is Cc1cnc2c(c1)nc(C)n2C.Cc1nc2cc[nH]c2n1C.Cc1nc2cccnc2n1C. The molecule has 0 unspecified atom stereocenters. The van der Waals surface area contributed by atoms with Crippen LogP contribution < -0.4 is 0 Å². The van der Waals surface area contributed by atoms with Crippen molar-refractivity contribution in [3.63, 3.8) is 0 Å². The van der Waals surface area contributed by atoms with Crippen molar-refractivity contribution in [2.75, 3.05) is 0 Å². The molecular formula is C24H29N9. The van der Waals surface area contributed by atoms with E-state index in [1.165, 1.54) is 0 Å². The van der Waals surface area contributed by atoms with Gasteiger partial charge in [-0.05, 0) is 57.5 Å². The third kappa shape index (κ3) is 4.34. The molecule has 0 aliphatic rings. The lowest BCUT2D eigenvalue weighted by atomic mass is 10.3. The van der Waals surface area contributed by atoms with Crippen LogP contribution in [0.1, 0.15) is 23.0 Å². The van der Waals surface area contributed by atoms with Crippen LogP contribution in [-0.2, 0) is 21.1 Å². The van der Waals surface area contributed by atoms with Gasteiger partial charge in [0.2, 0.25) is 0 Å². The van der Waals surface area contributed by atoms with Crippen molar-refractivity contribution in [2.45, 2.75) is 27.7 Å². The van der Waals surface area contributed by atoms with Crippen molar-refractivity contribution in [1.29, 1.82) is 0 Å². The highest BCUT2D eigenvalue weighted by Gasteiger charge is 2.04. The molecule has 0 aliphatic carbocycles. The second-order valence-electron chi connectivity index (χ2n) is 8.07. The van der Waals surface area contributed by atoms with E-state index in [9.17, 15) is 0 Å². The van der Waals surface area contributed by atoms with E-state index in [1.807, 2.05) is 93.1 Å². The second-order valence-corrected chi connectivity index (χ2v) is 8.07. The Bertz CT molecular complexity index is 1540. The van der Waals surface area contributed by atoms with E-state index in [2.05, 4.69) is 36.0 Å². The molecule has 0 amide bonds. The molecule has 0 atom stereocenters. The smallest absolute Gasteiger partial charge is 0.159 e. The van der Waals surface area contributed by atoms with Gasteiger partial charge in [0, 0.05) is 39.7 Å². The van der Waals surface area contributed by atoms with E-state index < -0.39 is 0 Å². The summed E-state index contributed by atoms with van der Waals surface area (Å²) in [6.07, 6.45) is 5.55. The molecule has 9 nitrogen and oxygen atoms in total. The second kappa shape index (κ2) is 8.85. The number of aryl methyl sites for hydroxylation is 7. The first-order valence-electron chi connectivity index (χ1n) is 10.7. The van der Waals surface area contributed by atoms with Gasteiger partial charge in [-0.3, -0.25) is 0 Å². The zero-order chi connectivity index (χ0) is 23.7. The van der Waals surface area contributed by atoms with Crippen LogP contribution in [-0.4, -0.2) is 43.6 Å². The maximum atomic E-state index is 4.37. The number of pyridine rings is 2. The predicted molar refractivity (Wildman–Crippen MR) is 131 cm³/mol. The van der Waals surface area contributed by atoms with Crippen LogP contribution in [0.15, 0.2) is 42.9 Å². The minimum atomic E-state index is 0.949. The number of fused-ring (bicyclic) bond motifs is 3. The Morgan fingerprint density at radius 3 is 1.97 bits per heavy atom. The highest BCUT2D eigenvalue weighted by molar-refractivity contribution is 5.72. The molecule has 0 saturated heterocycles. The molecule has 6 aromatic rings. The van der Waals surface area contributed by atoms with Crippen molar-refractivity contribution in [2.24, 2.45) is 21.1 Å². The van der Waals surface area contributed by atoms with E-state index in [4.69, 9.17) is 0 Å². The van der Waals surface area contributed by atoms with Crippen LogP contribution in [0.3, 0.4) is 0 Å². The number of H-pyrrole nitrogens is 1. The number of hydrogen-bond acceptors (Lipinski definition) is 5. The average Bonchev–Trinajstić information content (AvgIpc) is 3.51. The molecule has 0 bridgehead atoms. The lowest BCUT2D eigenvalue weighted by Crippen LogP contribution is -1.91. The number of nitrogens with one attached hydrogen (secondary N) is 1. The highest BCUT2D eigenvalue weighted by Crippen LogP contribution is 2.13. The predicted octanol–water partition coefficient (Wildman–Crippen LogP) is 4.07. The summed E-state index contributed by atoms with van der Waals surface area (Å²) < 4.78 is 6.01. The molecule has 0 radical (unpaired) electrons. The van der Waals surface area contributed by atoms with Crippen molar-refractivity contribution in [1.82, 2.24) is 43.6 Å². The van der Waals surface area contributed by atoms with E-state index in [1.54, 1.807) is 6.20 Å². The van der Waals surface area contributed by atoms with E-state index in [0.717, 1.165) is 56.5 Å². The fourth-order valence-electron chi connectivity index (χ4n) is 3.55. The van der Waals surface area contributed by atoms with Crippen molar-refractivity contribution in [3.05, 3.63) is 65.9 Å². The van der Waals surface area contributed by atoms with E-state index >= 15 is 0 Å². The molecule has 33 heavy (non-hydrogen) atoms. The number of aromatic amines is 1. The zero-order valence-electron chi connectivity index (χ0n) is 20.1. The molecular weight excluding hydrogens is 414 g/mol. The largest absolute Gasteiger partial charge is 0.346 e. The number of aromatic nitrogens is 9. The molecule has 0 fully saturated rings. The Kier molecular flexibility index (Phi) is 5.95. The van der Waals surface area contributed by atoms with Gasteiger partial charge in [0.05, 0.1) is 0 Å². The van der Waals surface area contributed by atoms with Crippen LogP contribution >= 0.6 is 0 Å². The van der Waals surface area contributed by atoms with E-state index in [0.29, 0.717) is 0 Å². The maximum absolute atomic E-state index is 4.37.